The third-order valence-corrected chi connectivity index (χ3v) is 4.25. The first-order valence-electron chi connectivity index (χ1n) is 6.32. The predicted octanol–water partition coefficient (Wildman–Crippen LogP) is 1.10. The molecule has 118 valence electrons. The molecule has 0 aliphatic carbocycles. The molecule has 8 heteroatoms. The molecule has 7 nitrogen and oxygen atoms in total. The van der Waals surface area contributed by atoms with Crippen LogP contribution < -0.4 is 9.46 Å². The monoisotopic (exact) mass is 317 g/mol. The fourth-order valence-corrected chi connectivity index (χ4v) is 2.94. The zero-order valence-corrected chi connectivity index (χ0v) is 12.8. The van der Waals surface area contributed by atoms with E-state index in [0.29, 0.717) is 13.0 Å². The number of hydrogen-bond donors (Lipinski definition) is 2. The molecule has 0 heterocycles. The van der Waals surface area contributed by atoms with E-state index in [1.165, 1.54) is 19.2 Å². The van der Waals surface area contributed by atoms with Gasteiger partial charge in [-0.15, -0.1) is 0 Å². The number of carboxylic acid groups (broad SMARTS) is 1. The molecule has 0 bridgehead atoms. The molecule has 0 atom stereocenters. The molecule has 0 saturated carbocycles. The Morgan fingerprint density at radius 2 is 2.00 bits per heavy atom. The summed E-state index contributed by atoms with van der Waals surface area (Å²) in [4.78, 5) is 10.8. The van der Waals surface area contributed by atoms with Gasteiger partial charge in [0.2, 0.25) is 10.0 Å². The van der Waals surface area contributed by atoms with Gasteiger partial charge in [0.15, 0.2) is 0 Å². The third kappa shape index (κ3) is 5.00. The minimum absolute atomic E-state index is 0.101. The van der Waals surface area contributed by atoms with Crippen molar-refractivity contribution in [2.75, 3.05) is 27.4 Å². The number of sulfonamides is 1. The van der Waals surface area contributed by atoms with Gasteiger partial charge < -0.3 is 14.6 Å². The minimum atomic E-state index is -3.83. The molecule has 2 N–H and O–H groups in total. The molecule has 1 aromatic rings. The molecular formula is C13H19NO6S. The average molecular weight is 317 g/mol. The summed E-state index contributed by atoms with van der Waals surface area (Å²) in [6.45, 7) is 0.797. The maximum absolute atomic E-state index is 12.2. The highest BCUT2D eigenvalue weighted by Crippen LogP contribution is 2.24. The topological polar surface area (TPSA) is 102 Å². The van der Waals surface area contributed by atoms with Crippen LogP contribution in [0.3, 0.4) is 0 Å². The molecule has 21 heavy (non-hydrogen) atoms. The van der Waals surface area contributed by atoms with Gasteiger partial charge in [0.1, 0.15) is 10.6 Å². The summed E-state index contributed by atoms with van der Waals surface area (Å²) in [5, 5.41) is 8.94. The summed E-state index contributed by atoms with van der Waals surface area (Å²) >= 11 is 0. The van der Waals surface area contributed by atoms with Crippen LogP contribution in [0.4, 0.5) is 0 Å². The third-order valence-electron chi connectivity index (χ3n) is 2.77. The van der Waals surface area contributed by atoms with Crippen LogP contribution in [0.5, 0.6) is 5.75 Å². The van der Waals surface area contributed by atoms with Crippen molar-refractivity contribution in [2.45, 2.75) is 17.7 Å². The molecule has 0 amide bonds. The largest absolute Gasteiger partial charge is 0.495 e. The van der Waals surface area contributed by atoms with Crippen LogP contribution in [-0.2, 0) is 14.8 Å². The lowest BCUT2D eigenvalue weighted by Crippen LogP contribution is -2.25. The molecule has 0 spiro atoms. The van der Waals surface area contributed by atoms with Gasteiger partial charge in [0.05, 0.1) is 12.7 Å². The van der Waals surface area contributed by atoms with E-state index in [1.54, 1.807) is 7.11 Å². The van der Waals surface area contributed by atoms with Crippen molar-refractivity contribution in [1.29, 1.82) is 0 Å². The van der Waals surface area contributed by atoms with Crippen molar-refractivity contribution in [3.63, 3.8) is 0 Å². The van der Waals surface area contributed by atoms with Crippen molar-refractivity contribution < 1.29 is 27.8 Å². The summed E-state index contributed by atoms with van der Waals surface area (Å²) in [6, 6.07) is 3.69. The van der Waals surface area contributed by atoms with E-state index in [9.17, 15) is 13.2 Å². The van der Waals surface area contributed by atoms with Gasteiger partial charge in [-0.2, -0.15) is 0 Å². The Bertz CT molecular complexity index is 584. The Kier molecular flexibility index (Phi) is 6.60. The van der Waals surface area contributed by atoms with Gasteiger partial charge in [0, 0.05) is 20.3 Å². The van der Waals surface area contributed by atoms with Crippen LogP contribution in [0.2, 0.25) is 0 Å². The van der Waals surface area contributed by atoms with E-state index in [0.717, 1.165) is 12.5 Å². The number of unbranched alkanes of at least 4 members (excludes halogenated alkanes) is 1. The Labute approximate surface area is 123 Å². The number of carboxylic acids is 1. The van der Waals surface area contributed by atoms with Crippen LogP contribution in [-0.4, -0.2) is 46.9 Å². The highest BCUT2D eigenvalue weighted by atomic mass is 32.2. The van der Waals surface area contributed by atoms with E-state index >= 15 is 0 Å². The van der Waals surface area contributed by atoms with Crippen molar-refractivity contribution in [3.8, 4) is 5.75 Å². The molecule has 0 aromatic heterocycles. The lowest BCUT2D eigenvalue weighted by Gasteiger charge is -2.11. The highest BCUT2D eigenvalue weighted by molar-refractivity contribution is 7.89. The standard InChI is InChI=1S/C13H19NO6S/c1-19-8-4-3-7-14-21(17,18)12-9-10(13(15)16)5-6-11(12)20-2/h5-6,9,14H,3-4,7-8H2,1-2H3,(H,15,16). The minimum Gasteiger partial charge on any atom is -0.495 e. The molecule has 0 fully saturated rings. The smallest absolute Gasteiger partial charge is 0.335 e. The molecule has 1 rings (SSSR count). The van der Waals surface area contributed by atoms with Gasteiger partial charge >= 0.3 is 5.97 Å². The summed E-state index contributed by atoms with van der Waals surface area (Å²) in [7, 11) is -0.923. The Balaban J connectivity index is 2.90. The zero-order valence-electron chi connectivity index (χ0n) is 12.0. The zero-order chi connectivity index (χ0) is 15.9. The number of carbonyl (C=O) groups is 1. The molecule has 0 radical (unpaired) electrons. The van der Waals surface area contributed by atoms with Crippen LogP contribution in [0, 0.1) is 0 Å². The lowest BCUT2D eigenvalue weighted by atomic mass is 10.2. The second-order valence-electron chi connectivity index (χ2n) is 4.27. The number of methoxy groups -OCH3 is 2. The van der Waals surface area contributed by atoms with E-state index in [-0.39, 0.29) is 22.8 Å². The van der Waals surface area contributed by atoms with Gasteiger partial charge in [-0.1, -0.05) is 0 Å². The quantitative estimate of drug-likeness (QED) is 0.661. The SMILES string of the molecule is COCCCCNS(=O)(=O)c1cc(C(=O)O)ccc1OC. The lowest BCUT2D eigenvalue weighted by molar-refractivity contribution is 0.0696. The van der Waals surface area contributed by atoms with Gasteiger partial charge in [-0.25, -0.2) is 17.9 Å². The summed E-state index contributed by atoms with van der Waals surface area (Å²) < 4.78 is 36.7. The van der Waals surface area contributed by atoms with Crippen molar-refractivity contribution in [1.82, 2.24) is 4.72 Å². The molecule has 0 aliphatic heterocycles. The van der Waals surface area contributed by atoms with E-state index in [1.807, 2.05) is 0 Å². The van der Waals surface area contributed by atoms with E-state index in [4.69, 9.17) is 14.6 Å². The Morgan fingerprint density at radius 1 is 1.29 bits per heavy atom. The first-order valence-corrected chi connectivity index (χ1v) is 7.80. The number of benzene rings is 1. The Hall–Kier alpha value is -1.64. The molecule has 0 saturated heterocycles. The maximum atomic E-state index is 12.2. The first kappa shape index (κ1) is 17.4. The number of ether oxygens (including phenoxy) is 2. The van der Waals surface area contributed by atoms with Crippen LogP contribution in [0.1, 0.15) is 23.2 Å². The molecule has 0 unspecified atom stereocenters. The first-order chi connectivity index (χ1) is 9.92. The second kappa shape index (κ2) is 7.96. The van der Waals surface area contributed by atoms with E-state index in [2.05, 4.69) is 4.72 Å². The number of rotatable bonds is 9. The van der Waals surface area contributed by atoms with Crippen LogP contribution in [0.25, 0.3) is 0 Å². The normalized spacial score (nSPS) is 11.3. The number of aromatic carboxylic acids is 1. The fraction of sp³-hybridized carbons (Fsp3) is 0.462. The van der Waals surface area contributed by atoms with Gasteiger partial charge in [-0.05, 0) is 31.0 Å². The van der Waals surface area contributed by atoms with Crippen molar-refractivity contribution >= 4 is 16.0 Å². The number of nitrogens with one attached hydrogen (secondary N) is 1. The van der Waals surface area contributed by atoms with E-state index < -0.39 is 16.0 Å². The van der Waals surface area contributed by atoms with Crippen LogP contribution in [0.15, 0.2) is 23.1 Å². The summed E-state index contributed by atoms with van der Waals surface area (Å²) in [5.74, 6) is -1.10. The predicted molar refractivity (Wildman–Crippen MR) is 76.3 cm³/mol. The molecule has 1 aromatic carbocycles. The highest BCUT2D eigenvalue weighted by Gasteiger charge is 2.21. The average Bonchev–Trinajstić information content (AvgIpc) is 2.46. The number of hydrogen-bond acceptors (Lipinski definition) is 5. The van der Waals surface area contributed by atoms with Gasteiger partial charge in [-0.3, -0.25) is 0 Å². The summed E-state index contributed by atoms with van der Waals surface area (Å²) in [6.07, 6.45) is 1.35. The molecular weight excluding hydrogens is 298 g/mol. The second-order valence-corrected chi connectivity index (χ2v) is 6.00. The molecule has 0 aliphatic rings. The van der Waals surface area contributed by atoms with Crippen molar-refractivity contribution in [3.05, 3.63) is 23.8 Å². The van der Waals surface area contributed by atoms with Crippen LogP contribution >= 0.6 is 0 Å². The Morgan fingerprint density at radius 3 is 2.57 bits per heavy atom. The maximum Gasteiger partial charge on any atom is 0.335 e. The van der Waals surface area contributed by atoms with Gasteiger partial charge in [0.25, 0.3) is 0 Å². The summed E-state index contributed by atoms with van der Waals surface area (Å²) in [5.41, 5.74) is -0.115. The fourth-order valence-electron chi connectivity index (χ4n) is 1.68. The van der Waals surface area contributed by atoms with Crippen molar-refractivity contribution in [2.24, 2.45) is 0 Å².